The molecule has 1 aliphatic carbocycles. The number of para-hydroxylation sites is 1. The lowest BCUT2D eigenvalue weighted by Crippen LogP contribution is -2.84. The number of carboxylic acids is 2. The van der Waals surface area contributed by atoms with Crippen molar-refractivity contribution < 1.29 is 49.8 Å². The molecule has 1 aromatic rings. The molecular formula is C31H47N3O9. The first-order chi connectivity index (χ1) is 20.3. The molecular weight excluding hydrogens is 558 g/mol. The molecule has 12 nitrogen and oxygen atoms in total. The number of benzene rings is 1. The number of aliphatic carboxylic acids is 2. The van der Waals surface area contributed by atoms with Crippen molar-refractivity contribution in [2.24, 2.45) is 17.8 Å². The fraction of sp³-hybridized carbons (Fsp3) is 0.742. The molecule has 5 unspecified atom stereocenters. The van der Waals surface area contributed by atoms with Crippen LogP contribution in [0.15, 0.2) is 24.3 Å². The number of rotatable bonds is 10. The number of piperidine rings is 4. The van der Waals surface area contributed by atoms with Crippen molar-refractivity contribution in [1.29, 1.82) is 0 Å². The minimum atomic E-state index is -2.38. The highest BCUT2D eigenvalue weighted by Gasteiger charge is 2.83. The molecule has 12 heteroatoms. The zero-order valence-electron chi connectivity index (χ0n) is 25.4. The number of fused-ring (bicyclic) bond motifs is 2. The summed E-state index contributed by atoms with van der Waals surface area (Å²) in [5.41, 5.74) is 2.32. The molecule has 1 aromatic carbocycles. The smallest absolute Gasteiger partial charge is 0.335 e. The number of carbonyl (C=O) groups excluding carboxylic acids is 1. The maximum atomic E-state index is 12.1. The molecule has 5 bridgehead atoms. The Morgan fingerprint density at radius 2 is 1.74 bits per heavy atom. The van der Waals surface area contributed by atoms with Gasteiger partial charge >= 0.3 is 5.97 Å². The Kier molecular flexibility index (Phi) is 8.62. The van der Waals surface area contributed by atoms with Crippen LogP contribution in [0, 0.1) is 17.8 Å². The standard InChI is InChI=1S/C27H42N3O3.C4H6O6/c1-5-17-18-12-21-24-27(19-10-8-9-11-20(19)28(24)4)13-22(23(18)25(27)32)30(21,26(17)33)15-16(31)14-29(6-2)7-3;5-1(3(7)8)2(6)4(9)10/h8-11,16-18,21-26,31-33H,5-7,12-15H2,1-4H3;1-2,5-6H,(H,7,8)(H,9,10)/q+1;/p-1/t16?,17-,18?,21-,22-,23?,24-,25?,26+,27+,30?;1-,2-/m01/s1. The van der Waals surface area contributed by atoms with E-state index in [1.54, 1.807) is 0 Å². The third kappa shape index (κ3) is 4.44. The predicted octanol–water partition coefficient (Wildman–Crippen LogP) is -1.69. The topological polar surface area (TPSA) is 185 Å². The summed E-state index contributed by atoms with van der Waals surface area (Å²) in [4.78, 5) is 24.1. The van der Waals surface area contributed by atoms with Crippen LogP contribution >= 0.6 is 0 Å². The predicted molar refractivity (Wildman–Crippen MR) is 153 cm³/mol. The minimum absolute atomic E-state index is 0.171. The summed E-state index contributed by atoms with van der Waals surface area (Å²) < 4.78 is 0.601. The molecule has 0 amide bonds. The van der Waals surface area contributed by atoms with Gasteiger partial charge in [0.15, 0.2) is 12.3 Å². The van der Waals surface area contributed by atoms with Crippen molar-refractivity contribution in [2.75, 3.05) is 38.1 Å². The van der Waals surface area contributed by atoms with E-state index in [-0.39, 0.29) is 41.5 Å². The second-order valence-corrected chi connectivity index (χ2v) is 13.2. The van der Waals surface area contributed by atoms with E-state index in [4.69, 9.17) is 15.3 Å². The zero-order valence-corrected chi connectivity index (χ0v) is 25.4. The largest absolute Gasteiger partial charge is 0.547 e. The van der Waals surface area contributed by atoms with Gasteiger partial charge in [0.2, 0.25) is 0 Å². The Morgan fingerprint density at radius 3 is 2.30 bits per heavy atom. The maximum Gasteiger partial charge on any atom is 0.335 e. The first-order valence-electron chi connectivity index (χ1n) is 15.6. The number of anilines is 1. The van der Waals surface area contributed by atoms with Crippen molar-refractivity contribution in [2.45, 2.75) is 94.2 Å². The van der Waals surface area contributed by atoms with E-state index >= 15 is 0 Å². The van der Waals surface area contributed by atoms with Crippen LogP contribution in [-0.2, 0) is 15.0 Å². The molecule has 5 heterocycles. The number of carbonyl (C=O) groups is 2. The average Bonchev–Trinajstić information content (AvgIpc) is 3.37. The molecule has 6 N–H and O–H groups in total. The summed E-state index contributed by atoms with van der Waals surface area (Å²) in [5, 5.41) is 69.6. The number of quaternary nitrogens is 1. The number of hydrogen-bond donors (Lipinski definition) is 6. The molecule has 1 saturated carbocycles. The third-order valence-electron chi connectivity index (χ3n) is 11.8. The van der Waals surface area contributed by atoms with E-state index < -0.39 is 36.5 Å². The second kappa shape index (κ2) is 11.6. The van der Waals surface area contributed by atoms with E-state index in [0.29, 0.717) is 23.5 Å². The molecule has 1 spiro atoms. The number of likely N-dealkylation sites (N-methyl/N-ethyl adjacent to an activating group) is 2. The molecule has 43 heavy (non-hydrogen) atoms. The van der Waals surface area contributed by atoms with E-state index in [1.807, 2.05) is 0 Å². The van der Waals surface area contributed by atoms with Gasteiger partial charge in [-0.25, -0.2) is 4.79 Å². The third-order valence-corrected chi connectivity index (χ3v) is 11.8. The van der Waals surface area contributed by atoms with Crippen LogP contribution in [0.5, 0.6) is 0 Å². The van der Waals surface area contributed by atoms with Gasteiger partial charge in [0.05, 0.1) is 29.6 Å². The molecule has 0 radical (unpaired) electrons. The fourth-order valence-corrected chi connectivity index (χ4v) is 10.2. The van der Waals surface area contributed by atoms with Crippen molar-refractivity contribution >= 4 is 17.6 Å². The van der Waals surface area contributed by atoms with Gasteiger partial charge < -0.3 is 50.3 Å². The van der Waals surface area contributed by atoms with Crippen LogP contribution < -0.4 is 10.0 Å². The number of hydrogen-bond acceptors (Lipinski definition) is 10. The van der Waals surface area contributed by atoms with Crippen molar-refractivity contribution in [3.8, 4) is 0 Å². The summed E-state index contributed by atoms with van der Waals surface area (Å²) >= 11 is 0. The van der Waals surface area contributed by atoms with Crippen molar-refractivity contribution in [3.63, 3.8) is 0 Å². The SMILES string of the molecule is CC[C@H]1C2C[C@H]3[C@@H]4N(C)c5ccccc5[C@]45C[C@@H](C2C5O)[N+]3(CC(O)CN(CC)CC)[C@@H]1O.O=C([O-])[C@H](O)[C@@H](O)C(=O)O. The number of aliphatic hydroxyl groups excluding tert-OH is 5. The van der Waals surface area contributed by atoms with E-state index in [9.17, 15) is 30.0 Å². The molecule has 240 valence electrons. The summed E-state index contributed by atoms with van der Waals surface area (Å²) in [5.74, 6) is -3.04. The van der Waals surface area contributed by atoms with Gasteiger partial charge in [0, 0.05) is 44.0 Å². The van der Waals surface area contributed by atoms with Gasteiger partial charge in [-0.05, 0) is 37.1 Å². The summed E-state index contributed by atoms with van der Waals surface area (Å²) in [6.07, 6.45) is -3.11. The lowest BCUT2D eigenvalue weighted by molar-refractivity contribution is -1.04. The summed E-state index contributed by atoms with van der Waals surface area (Å²) in [7, 11) is 2.19. The van der Waals surface area contributed by atoms with Gasteiger partial charge in [-0.1, -0.05) is 39.0 Å². The van der Waals surface area contributed by atoms with Crippen LogP contribution in [0.2, 0.25) is 0 Å². The quantitative estimate of drug-likeness (QED) is 0.167. The van der Waals surface area contributed by atoms with Gasteiger partial charge in [-0.2, -0.15) is 0 Å². The summed E-state index contributed by atoms with van der Waals surface area (Å²) in [6, 6.07) is 9.31. The van der Waals surface area contributed by atoms with E-state index in [2.05, 4.69) is 61.9 Å². The molecule has 5 fully saturated rings. The van der Waals surface area contributed by atoms with Gasteiger partial charge in [-0.3, -0.25) is 4.48 Å². The lowest BCUT2D eigenvalue weighted by Gasteiger charge is -2.68. The monoisotopic (exact) mass is 605 g/mol. The minimum Gasteiger partial charge on any atom is -0.547 e. The normalized spacial score (nSPS) is 40.0. The van der Waals surface area contributed by atoms with Gasteiger partial charge in [0.25, 0.3) is 0 Å². The molecule has 7 rings (SSSR count). The number of carboxylic acid groups (broad SMARTS) is 2. The Labute approximate surface area is 252 Å². The number of aliphatic hydroxyl groups is 5. The number of nitrogens with zero attached hydrogens (tertiary/aromatic N) is 3. The lowest BCUT2D eigenvalue weighted by atomic mass is 9.60. The van der Waals surface area contributed by atoms with Crippen LogP contribution in [-0.4, -0.2) is 134 Å². The Hall–Kier alpha value is -2.32. The molecule has 5 aliphatic heterocycles. The van der Waals surface area contributed by atoms with E-state index in [0.717, 1.165) is 32.4 Å². The van der Waals surface area contributed by atoms with Gasteiger partial charge in [-0.15, -0.1) is 0 Å². The molecule has 13 atom stereocenters. The Bertz CT molecular complexity index is 1200. The van der Waals surface area contributed by atoms with E-state index in [1.165, 1.54) is 11.3 Å². The average molecular weight is 606 g/mol. The van der Waals surface area contributed by atoms with Crippen LogP contribution in [0.3, 0.4) is 0 Å². The highest BCUT2D eigenvalue weighted by Crippen LogP contribution is 2.71. The van der Waals surface area contributed by atoms with Crippen LogP contribution in [0.1, 0.15) is 45.6 Å². The van der Waals surface area contributed by atoms with Crippen molar-refractivity contribution in [3.05, 3.63) is 29.8 Å². The van der Waals surface area contributed by atoms with Crippen molar-refractivity contribution in [1.82, 2.24) is 4.90 Å². The second-order valence-electron chi connectivity index (χ2n) is 13.2. The molecule has 0 aromatic heterocycles. The molecule has 4 saturated heterocycles. The Morgan fingerprint density at radius 1 is 1.09 bits per heavy atom. The zero-order chi connectivity index (χ0) is 31.6. The Balaban J connectivity index is 0.000000319. The first kappa shape index (κ1) is 32.1. The van der Waals surface area contributed by atoms with Gasteiger partial charge in [0.1, 0.15) is 24.8 Å². The molecule has 6 aliphatic rings. The van der Waals surface area contributed by atoms with Crippen LogP contribution in [0.25, 0.3) is 0 Å². The maximum absolute atomic E-state index is 12.1. The fourth-order valence-electron chi connectivity index (χ4n) is 10.2. The summed E-state index contributed by atoms with van der Waals surface area (Å²) in [6.45, 7) is 9.58. The first-order valence-corrected chi connectivity index (χ1v) is 15.6. The highest BCUT2D eigenvalue weighted by molar-refractivity contribution is 5.82. The van der Waals surface area contributed by atoms with Crippen LogP contribution in [0.4, 0.5) is 5.69 Å². The highest BCUT2D eigenvalue weighted by atomic mass is 16.4.